The number of hydrogen-bond donors (Lipinski definition) is 0. The van der Waals surface area contributed by atoms with E-state index >= 15 is 0 Å². The van der Waals surface area contributed by atoms with Gasteiger partial charge in [0.2, 0.25) is 11.2 Å². The van der Waals surface area contributed by atoms with Crippen molar-refractivity contribution < 1.29 is 13.9 Å². The van der Waals surface area contributed by atoms with E-state index in [0.29, 0.717) is 12.3 Å². The van der Waals surface area contributed by atoms with Gasteiger partial charge in [0.05, 0.1) is 6.54 Å². The van der Waals surface area contributed by atoms with Gasteiger partial charge in [-0.1, -0.05) is 43.2 Å². The zero-order valence-corrected chi connectivity index (χ0v) is 18.7. The number of likely N-dealkylation sites (tertiary alicyclic amines) is 1. The van der Waals surface area contributed by atoms with Crippen LogP contribution in [0.3, 0.4) is 0 Å². The van der Waals surface area contributed by atoms with Gasteiger partial charge in [-0.25, -0.2) is 0 Å². The highest BCUT2D eigenvalue weighted by molar-refractivity contribution is 5.77. The number of amides is 1. The van der Waals surface area contributed by atoms with Crippen molar-refractivity contribution in [3.63, 3.8) is 0 Å². The predicted molar refractivity (Wildman–Crippen MR) is 123 cm³/mol. The lowest BCUT2D eigenvalue weighted by Gasteiger charge is -2.34. The van der Waals surface area contributed by atoms with Crippen LogP contribution in [0, 0.1) is 0 Å². The summed E-state index contributed by atoms with van der Waals surface area (Å²) in [6.45, 7) is 6.82. The Hall–Kier alpha value is -2.64. The van der Waals surface area contributed by atoms with Gasteiger partial charge in [-0.3, -0.25) is 19.4 Å². The molecule has 0 atom stereocenters. The quantitative estimate of drug-likeness (QED) is 0.661. The van der Waals surface area contributed by atoms with Crippen LogP contribution in [-0.2, 0) is 17.9 Å². The Labute approximate surface area is 189 Å². The van der Waals surface area contributed by atoms with Crippen LogP contribution in [0.1, 0.15) is 37.0 Å². The van der Waals surface area contributed by atoms with Crippen molar-refractivity contribution in [1.29, 1.82) is 0 Å². The molecule has 2 saturated heterocycles. The van der Waals surface area contributed by atoms with E-state index < -0.39 is 0 Å². The summed E-state index contributed by atoms with van der Waals surface area (Å²) < 4.78 is 11.1. The second-order valence-electron chi connectivity index (χ2n) is 8.70. The van der Waals surface area contributed by atoms with Crippen LogP contribution >= 0.6 is 0 Å². The van der Waals surface area contributed by atoms with Gasteiger partial charge >= 0.3 is 0 Å². The second kappa shape index (κ2) is 11.3. The minimum atomic E-state index is -0.238. The van der Waals surface area contributed by atoms with E-state index in [1.54, 1.807) is 0 Å². The molecule has 0 N–H and O–H groups in total. The first kappa shape index (κ1) is 22.6. The van der Waals surface area contributed by atoms with Gasteiger partial charge in [0.25, 0.3) is 5.91 Å². The number of benzene rings is 1. The highest BCUT2D eigenvalue weighted by Crippen LogP contribution is 2.14. The van der Waals surface area contributed by atoms with Gasteiger partial charge in [-0.05, 0) is 18.4 Å². The molecule has 0 bridgehead atoms. The van der Waals surface area contributed by atoms with E-state index in [1.165, 1.54) is 17.9 Å². The molecule has 7 heteroatoms. The van der Waals surface area contributed by atoms with E-state index in [0.717, 1.165) is 71.5 Å². The fourth-order valence-electron chi connectivity index (χ4n) is 4.35. The molecule has 0 saturated carbocycles. The second-order valence-corrected chi connectivity index (χ2v) is 8.70. The average Bonchev–Trinajstić information content (AvgIpc) is 3.10. The lowest BCUT2D eigenvalue weighted by molar-refractivity contribution is -0.133. The molecule has 4 rings (SSSR count). The molecule has 172 valence electrons. The van der Waals surface area contributed by atoms with Gasteiger partial charge in [0, 0.05) is 51.9 Å². The van der Waals surface area contributed by atoms with Crippen molar-refractivity contribution in [2.75, 3.05) is 45.9 Å². The maximum atomic E-state index is 12.4. The molecule has 2 aliphatic rings. The Balaban J connectivity index is 1.23. The van der Waals surface area contributed by atoms with Crippen molar-refractivity contribution in [3.8, 4) is 5.75 Å². The van der Waals surface area contributed by atoms with Crippen LogP contribution in [0.15, 0.2) is 51.9 Å². The summed E-state index contributed by atoms with van der Waals surface area (Å²) in [5, 5.41) is 0. The van der Waals surface area contributed by atoms with E-state index in [2.05, 4.69) is 34.1 Å². The molecule has 0 radical (unpaired) electrons. The molecule has 2 aromatic rings. The molecule has 0 aliphatic carbocycles. The third-order valence-electron chi connectivity index (χ3n) is 6.26. The molecule has 1 aromatic carbocycles. The highest BCUT2D eigenvalue weighted by atomic mass is 16.5. The zero-order chi connectivity index (χ0) is 22.2. The summed E-state index contributed by atoms with van der Waals surface area (Å²) in [6, 6.07) is 12.0. The monoisotopic (exact) mass is 439 g/mol. The molecule has 1 amide bonds. The minimum Gasteiger partial charge on any atom is -0.477 e. The van der Waals surface area contributed by atoms with Crippen LogP contribution in [0.25, 0.3) is 0 Å². The molecule has 0 spiro atoms. The summed E-state index contributed by atoms with van der Waals surface area (Å²) in [7, 11) is 0. The third-order valence-corrected chi connectivity index (χ3v) is 6.26. The molecule has 3 heterocycles. The first-order valence-corrected chi connectivity index (χ1v) is 11.7. The van der Waals surface area contributed by atoms with Crippen molar-refractivity contribution >= 4 is 5.91 Å². The van der Waals surface area contributed by atoms with Gasteiger partial charge in [-0.2, -0.15) is 0 Å². The predicted octanol–water partition coefficient (Wildman–Crippen LogP) is 2.74. The summed E-state index contributed by atoms with van der Waals surface area (Å²) >= 11 is 0. The number of nitrogens with zero attached hydrogens (tertiary/aromatic N) is 3. The smallest absolute Gasteiger partial charge is 0.260 e. The number of hydrogen-bond acceptors (Lipinski definition) is 6. The fraction of sp³-hybridized carbons (Fsp3) is 0.520. The van der Waals surface area contributed by atoms with Gasteiger partial charge in [0.1, 0.15) is 12.0 Å². The Morgan fingerprint density at radius 2 is 1.53 bits per heavy atom. The maximum absolute atomic E-state index is 12.4. The minimum absolute atomic E-state index is 0.0660. The maximum Gasteiger partial charge on any atom is 0.260 e. The Kier molecular flexibility index (Phi) is 7.96. The van der Waals surface area contributed by atoms with Gasteiger partial charge in [-0.15, -0.1) is 0 Å². The van der Waals surface area contributed by atoms with Crippen LogP contribution in [0.2, 0.25) is 0 Å². The molecule has 2 fully saturated rings. The van der Waals surface area contributed by atoms with Crippen molar-refractivity contribution in [3.05, 3.63) is 64.2 Å². The molecule has 2 aliphatic heterocycles. The molecule has 7 nitrogen and oxygen atoms in total. The summed E-state index contributed by atoms with van der Waals surface area (Å²) in [5.41, 5.74) is 1.09. The van der Waals surface area contributed by atoms with Crippen LogP contribution in [-0.4, -0.2) is 66.5 Å². The highest BCUT2D eigenvalue weighted by Gasteiger charge is 2.19. The lowest BCUT2D eigenvalue weighted by Crippen LogP contribution is -2.45. The SMILES string of the molecule is O=C(COc1coc(CN2CCN(Cc3ccccc3)CC2)cc1=O)N1CCCCCC1. The molecular formula is C25H33N3O4. The summed E-state index contributed by atoms with van der Waals surface area (Å²) in [6.07, 6.45) is 5.74. The lowest BCUT2D eigenvalue weighted by atomic mass is 10.2. The Bertz CT molecular complexity index is 914. The number of piperazine rings is 1. The molecule has 32 heavy (non-hydrogen) atoms. The fourth-order valence-corrected chi connectivity index (χ4v) is 4.35. The van der Waals surface area contributed by atoms with Crippen molar-refractivity contribution in [2.24, 2.45) is 0 Å². The van der Waals surface area contributed by atoms with Crippen molar-refractivity contribution in [2.45, 2.75) is 38.8 Å². The summed E-state index contributed by atoms with van der Waals surface area (Å²) in [4.78, 5) is 31.4. The number of carbonyl (C=O) groups is 1. The summed E-state index contributed by atoms with van der Waals surface area (Å²) in [5.74, 6) is 0.658. The zero-order valence-electron chi connectivity index (χ0n) is 18.7. The van der Waals surface area contributed by atoms with E-state index in [1.807, 2.05) is 11.0 Å². The average molecular weight is 440 g/mol. The number of rotatable bonds is 7. The standard InChI is InChI=1S/C25H33N3O4/c29-23-16-22(18-27-14-12-26(13-15-27)17-21-8-4-3-5-9-21)31-19-24(23)32-20-25(30)28-10-6-1-2-7-11-28/h3-5,8-9,16,19H,1-2,6-7,10-15,17-18,20H2. The molecule has 0 unspecified atom stereocenters. The van der Waals surface area contributed by atoms with Crippen LogP contribution in [0.4, 0.5) is 0 Å². The molecule has 1 aromatic heterocycles. The first-order valence-electron chi connectivity index (χ1n) is 11.7. The molecular weight excluding hydrogens is 406 g/mol. The van der Waals surface area contributed by atoms with Crippen LogP contribution < -0.4 is 10.2 Å². The largest absolute Gasteiger partial charge is 0.477 e. The van der Waals surface area contributed by atoms with E-state index in [9.17, 15) is 9.59 Å². The van der Waals surface area contributed by atoms with Crippen molar-refractivity contribution in [1.82, 2.24) is 14.7 Å². The Morgan fingerprint density at radius 3 is 2.19 bits per heavy atom. The number of ether oxygens (including phenoxy) is 1. The topological polar surface area (TPSA) is 66.2 Å². The normalized spacial score (nSPS) is 18.3. The Morgan fingerprint density at radius 1 is 0.875 bits per heavy atom. The van der Waals surface area contributed by atoms with E-state index in [4.69, 9.17) is 9.15 Å². The first-order chi connectivity index (χ1) is 15.7. The van der Waals surface area contributed by atoms with E-state index in [-0.39, 0.29) is 23.7 Å². The van der Waals surface area contributed by atoms with Gasteiger partial charge < -0.3 is 14.1 Å². The van der Waals surface area contributed by atoms with Gasteiger partial charge in [0.15, 0.2) is 6.61 Å². The number of carbonyl (C=O) groups excluding carboxylic acids is 1. The van der Waals surface area contributed by atoms with Crippen LogP contribution in [0.5, 0.6) is 5.75 Å². The third kappa shape index (κ3) is 6.43.